The summed E-state index contributed by atoms with van der Waals surface area (Å²) >= 11 is 0. The molecule has 1 saturated heterocycles. The van der Waals surface area contributed by atoms with Crippen LogP contribution in [0.1, 0.15) is 29.0 Å². The topological polar surface area (TPSA) is 71.9 Å². The Hall–Kier alpha value is -2.81. The number of rotatable bonds is 5. The van der Waals surface area contributed by atoms with Crippen LogP contribution < -0.4 is 9.47 Å². The minimum atomic E-state index is -4.76. The third-order valence-corrected chi connectivity index (χ3v) is 4.26. The van der Waals surface area contributed by atoms with Crippen molar-refractivity contribution in [3.8, 4) is 11.5 Å². The molecule has 1 aromatic heterocycles. The minimum absolute atomic E-state index is 0.220. The molecule has 2 aromatic rings. The number of alkyl halides is 3. The van der Waals surface area contributed by atoms with Crippen molar-refractivity contribution < 1.29 is 32.5 Å². The van der Waals surface area contributed by atoms with E-state index < -0.39 is 6.36 Å². The highest BCUT2D eigenvalue weighted by atomic mass is 19.4. The molecule has 0 aliphatic carbocycles. The van der Waals surface area contributed by atoms with E-state index in [4.69, 9.17) is 9.84 Å². The Bertz CT molecular complexity index is 821. The van der Waals surface area contributed by atoms with Gasteiger partial charge < -0.3 is 19.5 Å². The molecule has 0 spiro atoms. The summed E-state index contributed by atoms with van der Waals surface area (Å²) in [5.41, 5.74) is 0.688. The number of carbonyl (C=O) groups is 1. The summed E-state index contributed by atoms with van der Waals surface area (Å²) in [5.74, 6) is -0.286. The summed E-state index contributed by atoms with van der Waals surface area (Å²) < 4.78 is 46.6. The maximum atomic E-state index is 12.5. The van der Waals surface area contributed by atoms with Crippen molar-refractivity contribution in [1.29, 1.82) is 0 Å². The number of likely N-dealkylation sites (tertiary alicyclic amines) is 1. The molecule has 1 aromatic carbocycles. The van der Waals surface area contributed by atoms with E-state index in [9.17, 15) is 18.0 Å². The number of hydrogen-bond acceptors (Lipinski definition) is 5. The molecule has 0 atom stereocenters. The van der Waals surface area contributed by atoms with Crippen molar-refractivity contribution in [3.05, 3.63) is 53.9 Å². The van der Waals surface area contributed by atoms with Crippen molar-refractivity contribution in [2.24, 2.45) is 0 Å². The van der Waals surface area contributed by atoms with Gasteiger partial charge in [0.15, 0.2) is 0 Å². The van der Waals surface area contributed by atoms with Crippen molar-refractivity contribution >= 4 is 5.91 Å². The number of aliphatic hydroxyl groups is 1. The Balaban J connectivity index is 1.55. The van der Waals surface area contributed by atoms with E-state index in [0.29, 0.717) is 31.6 Å². The van der Waals surface area contributed by atoms with E-state index in [1.165, 1.54) is 18.2 Å². The second-order valence-corrected chi connectivity index (χ2v) is 6.30. The predicted octanol–water partition coefficient (Wildman–Crippen LogP) is 3.16. The van der Waals surface area contributed by atoms with Crippen molar-refractivity contribution in [2.45, 2.75) is 31.9 Å². The molecule has 1 N–H and O–H groups in total. The summed E-state index contributed by atoms with van der Waals surface area (Å²) in [7, 11) is 0. The fourth-order valence-electron chi connectivity index (χ4n) is 2.96. The lowest BCUT2D eigenvalue weighted by Gasteiger charge is -2.32. The Morgan fingerprint density at radius 3 is 2.50 bits per heavy atom. The molecule has 3 rings (SSSR count). The first-order valence-electron chi connectivity index (χ1n) is 8.72. The molecule has 9 heteroatoms. The fraction of sp³-hybridized carbons (Fsp3) is 0.368. The van der Waals surface area contributed by atoms with E-state index in [0.717, 1.165) is 0 Å². The van der Waals surface area contributed by atoms with Gasteiger partial charge in [0.05, 0.1) is 12.3 Å². The van der Waals surface area contributed by atoms with Gasteiger partial charge in [0.2, 0.25) is 0 Å². The number of piperidine rings is 1. The van der Waals surface area contributed by atoms with Gasteiger partial charge in [-0.25, -0.2) is 4.98 Å². The van der Waals surface area contributed by atoms with Gasteiger partial charge in [0, 0.05) is 32.0 Å². The number of carbonyl (C=O) groups excluding carboxylic acids is 1. The normalized spacial score (nSPS) is 15.4. The molecule has 1 amide bonds. The SMILES string of the molecule is O=C(c1cccc(CO)n1)N1CCC(Oc2cccc(OC(F)(F)F)c2)CC1. The molecule has 0 bridgehead atoms. The molecule has 6 nitrogen and oxygen atoms in total. The molecule has 0 unspecified atom stereocenters. The van der Waals surface area contributed by atoms with Crippen LogP contribution in [0.3, 0.4) is 0 Å². The highest BCUT2D eigenvalue weighted by molar-refractivity contribution is 5.92. The number of halogens is 3. The monoisotopic (exact) mass is 396 g/mol. The van der Waals surface area contributed by atoms with Gasteiger partial charge in [-0.2, -0.15) is 0 Å². The number of aromatic nitrogens is 1. The van der Waals surface area contributed by atoms with Crippen LogP contribution in [-0.2, 0) is 6.61 Å². The smallest absolute Gasteiger partial charge is 0.490 e. The molecule has 28 heavy (non-hydrogen) atoms. The van der Waals surface area contributed by atoms with Crippen molar-refractivity contribution in [3.63, 3.8) is 0 Å². The first kappa shape index (κ1) is 19.9. The average Bonchev–Trinajstić information content (AvgIpc) is 2.67. The average molecular weight is 396 g/mol. The van der Waals surface area contributed by atoms with Crippen LogP contribution in [0, 0.1) is 0 Å². The lowest BCUT2D eigenvalue weighted by Crippen LogP contribution is -2.42. The first-order valence-corrected chi connectivity index (χ1v) is 8.72. The zero-order valence-electron chi connectivity index (χ0n) is 14.9. The number of aliphatic hydroxyl groups excluding tert-OH is 1. The Morgan fingerprint density at radius 1 is 1.14 bits per heavy atom. The second-order valence-electron chi connectivity index (χ2n) is 6.30. The van der Waals surface area contributed by atoms with Crippen molar-refractivity contribution in [2.75, 3.05) is 13.1 Å². The number of amides is 1. The summed E-state index contributed by atoms with van der Waals surface area (Å²) in [6.45, 7) is 0.634. The van der Waals surface area contributed by atoms with Crippen LogP contribution in [0.25, 0.3) is 0 Å². The Morgan fingerprint density at radius 2 is 1.82 bits per heavy atom. The van der Waals surface area contributed by atoms with E-state index in [2.05, 4.69) is 9.72 Å². The summed E-state index contributed by atoms with van der Waals surface area (Å²) in [4.78, 5) is 18.3. The minimum Gasteiger partial charge on any atom is -0.490 e. The summed E-state index contributed by atoms with van der Waals surface area (Å²) in [5, 5.41) is 9.14. The molecule has 150 valence electrons. The molecule has 1 fully saturated rings. The second kappa shape index (κ2) is 8.47. The van der Waals surface area contributed by atoms with Gasteiger partial charge in [0.1, 0.15) is 23.3 Å². The van der Waals surface area contributed by atoms with E-state index in [1.807, 2.05) is 0 Å². The predicted molar refractivity (Wildman–Crippen MR) is 92.8 cm³/mol. The van der Waals surface area contributed by atoms with Crippen LogP contribution in [-0.4, -0.2) is 46.5 Å². The first-order chi connectivity index (χ1) is 13.3. The molecule has 1 aliphatic rings. The molecule has 0 saturated carbocycles. The maximum Gasteiger partial charge on any atom is 0.573 e. The third-order valence-electron chi connectivity index (χ3n) is 4.26. The van der Waals surface area contributed by atoms with Crippen LogP contribution in [0.4, 0.5) is 13.2 Å². The number of pyridine rings is 1. The lowest BCUT2D eigenvalue weighted by atomic mass is 10.1. The summed E-state index contributed by atoms with van der Waals surface area (Å²) in [6.07, 6.45) is -3.90. The van der Waals surface area contributed by atoms with E-state index in [1.54, 1.807) is 29.2 Å². The van der Waals surface area contributed by atoms with E-state index in [-0.39, 0.29) is 35.8 Å². The number of ether oxygens (including phenoxy) is 2. The molecular formula is C19H19F3N2O4. The van der Waals surface area contributed by atoms with Gasteiger partial charge in [-0.3, -0.25) is 4.79 Å². The Labute approximate surface area is 159 Å². The number of hydrogen-bond donors (Lipinski definition) is 1. The quantitative estimate of drug-likeness (QED) is 0.841. The third kappa shape index (κ3) is 5.35. The van der Waals surface area contributed by atoms with Crippen molar-refractivity contribution in [1.82, 2.24) is 9.88 Å². The highest BCUT2D eigenvalue weighted by Gasteiger charge is 2.31. The van der Waals surface area contributed by atoms with Gasteiger partial charge in [0.25, 0.3) is 5.91 Å². The summed E-state index contributed by atoms with van der Waals surface area (Å²) in [6, 6.07) is 10.3. The van der Waals surface area contributed by atoms with Crippen LogP contribution >= 0.6 is 0 Å². The van der Waals surface area contributed by atoms with Crippen LogP contribution in [0.5, 0.6) is 11.5 Å². The number of nitrogens with zero attached hydrogens (tertiary/aromatic N) is 2. The standard InChI is InChI=1S/C19H19F3N2O4/c20-19(21,22)28-16-5-2-4-15(11-16)27-14-7-9-24(10-8-14)18(26)17-6-1-3-13(12-25)23-17/h1-6,11,14,25H,7-10,12H2. The van der Waals surface area contributed by atoms with Gasteiger partial charge in [-0.1, -0.05) is 12.1 Å². The van der Waals surface area contributed by atoms with Gasteiger partial charge >= 0.3 is 6.36 Å². The van der Waals surface area contributed by atoms with Gasteiger partial charge in [-0.15, -0.1) is 13.2 Å². The highest BCUT2D eigenvalue weighted by Crippen LogP contribution is 2.27. The number of benzene rings is 1. The fourth-order valence-corrected chi connectivity index (χ4v) is 2.96. The zero-order valence-corrected chi connectivity index (χ0v) is 14.9. The lowest BCUT2D eigenvalue weighted by molar-refractivity contribution is -0.274. The molecule has 0 radical (unpaired) electrons. The zero-order chi connectivity index (χ0) is 20.1. The Kier molecular flexibility index (Phi) is 6.03. The maximum absolute atomic E-state index is 12.5. The van der Waals surface area contributed by atoms with Crippen LogP contribution in [0.2, 0.25) is 0 Å². The molecule has 1 aliphatic heterocycles. The van der Waals surface area contributed by atoms with Gasteiger partial charge in [-0.05, 0) is 24.3 Å². The molecular weight excluding hydrogens is 377 g/mol. The molecule has 2 heterocycles. The van der Waals surface area contributed by atoms with E-state index >= 15 is 0 Å². The largest absolute Gasteiger partial charge is 0.573 e. The van der Waals surface area contributed by atoms with Crippen LogP contribution in [0.15, 0.2) is 42.5 Å².